The zero-order chi connectivity index (χ0) is 13.6. The van der Waals surface area contributed by atoms with Crippen LogP contribution in [0.3, 0.4) is 0 Å². The summed E-state index contributed by atoms with van der Waals surface area (Å²) in [6, 6.07) is 5.38. The molecule has 0 saturated carbocycles. The molecule has 0 aliphatic carbocycles. The highest BCUT2D eigenvalue weighted by Gasteiger charge is 2.20. The topological polar surface area (TPSA) is 51.2 Å². The molecule has 0 radical (unpaired) electrons. The first-order valence-electron chi connectivity index (χ1n) is 5.93. The standard InChI is InChI=1S/C14H20N2O2/c1-5-8-12(11-9-6-7-10-15-11)16-13(17)18-14(2,3)4/h5-7,9-10,12H,1,8H2,2-4H3,(H,16,17). The van der Waals surface area contributed by atoms with Crippen molar-refractivity contribution in [1.29, 1.82) is 0 Å². The molecule has 0 aliphatic rings. The minimum atomic E-state index is -0.507. The molecule has 1 aromatic rings. The molecular weight excluding hydrogens is 228 g/mol. The summed E-state index contributed by atoms with van der Waals surface area (Å²) in [5, 5.41) is 2.80. The van der Waals surface area contributed by atoms with E-state index in [2.05, 4.69) is 16.9 Å². The summed E-state index contributed by atoms with van der Waals surface area (Å²) in [4.78, 5) is 16.0. The first-order chi connectivity index (χ1) is 8.42. The zero-order valence-electron chi connectivity index (χ0n) is 11.1. The zero-order valence-corrected chi connectivity index (χ0v) is 11.1. The van der Waals surface area contributed by atoms with Gasteiger partial charge in [-0.1, -0.05) is 12.1 Å². The van der Waals surface area contributed by atoms with Crippen LogP contribution >= 0.6 is 0 Å². The van der Waals surface area contributed by atoms with Gasteiger partial charge in [0.1, 0.15) is 5.60 Å². The minimum Gasteiger partial charge on any atom is -0.444 e. The number of alkyl carbamates (subject to hydrolysis) is 1. The van der Waals surface area contributed by atoms with Crippen molar-refractivity contribution in [3.63, 3.8) is 0 Å². The Hall–Kier alpha value is -1.84. The number of hydrogen-bond acceptors (Lipinski definition) is 3. The lowest BCUT2D eigenvalue weighted by molar-refractivity contribution is 0.0503. The van der Waals surface area contributed by atoms with Gasteiger partial charge in [-0.05, 0) is 39.3 Å². The molecular formula is C14H20N2O2. The van der Waals surface area contributed by atoms with Crippen molar-refractivity contribution in [2.45, 2.75) is 38.8 Å². The molecule has 1 rings (SSSR count). The Labute approximate surface area is 108 Å². The average Bonchev–Trinajstić information content (AvgIpc) is 2.27. The highest BCUT2D eigenvalue weighted by Crippen LogP contribution is 2.15. The predicted octanol–water partition coefficient (Wildman–Crippen LogP) is 3.22. The van der Waals surface area contributed by atoms with Crippen molar-refractivity contribution >= 4 is 6.09 Å². The number of amides is 1. The van der Waals surface area contributed by atoms with Crippen molar-refractivity contribution in [3.8, 4) is 0 Å². The van der Waals surface area contributed by atoms with Gasteiger partial charge in [-0.25, -0.2) is 4.79 Å². The molecule has 4 nitrogen and oxygen atoms in total. The summed E-state index contributed by atoms with van der Waals surface area (Å²) in [5.41, 5.74) is 0.288. The Morgan fingerprint density at radius 1 is 1.56 bits per heavy atom. The van der Waals surface area contributed by atoms with Crippen LogP contribution in [0.15, 0.2) is 37.1 Å². The van der Waals surface area contributed by atoms with E-state index in [1.807, 2.05) is 39.0 Å². The second-order valence-electron chi connectivity index (χ2n) is 4.98. The molecule has 1 N–H and O–H groups in total. The van der Waals surface area contributed by atoms with E-state index in [-0.39, 0.29) is 6.04 Å². The quantitative estimate of drug-likeness (QED) is 0.832. The van der Waals surface area contributed by atoms with Gasteiger partial charge >= 0.3 is 6.09 Å². The van der Waals surface area contributed by atoms with Gasteiger partial charge in [0.15, 0.2) is 0 Å². The second-order valence-corrected chi connectivity index (χ2v) is 4.98. The van der Waals surface area contributed by atoms with Gasteiger partial charge in [-0.2, -0.15) is 0 Å². The maximum Gasteiger partial charge on any atom is 0.408 e. The molecule has 0 fully saturated rings. The molecule has 18 heavy (non-hydrogen) atoms. The van der Waals surface area contributed by atoms with Crippen molar-refractivity contribution in [2.24, 2.45) is 0 Å². The Balaban J connectivity index is 2.70. The van der Waals surface area contributed by atoms with Crippen molar-refractivity contribution < 1.29 is 9.53 Å². The summed E-state index contributed by atoms with van der Waals surface area (Å²) in [7, 11) is 0. The van der Waals surface area contributed by atoms with Crippen LogP contribution in [0.1, 0.15) is 38.9 Å². The minimum absolute atomic E-state index is 0.210. The van der Waals surface area contributed by atoms with E-state index in [0.29, 0.717) is 6.42 Å². The molecule has 0 aliphatic heterocycles. The van der Waals surface area contributed by atoms with Crippen LogP contribution in [-0.2, 0) is 4.74 Å². The first-order valence-corrected chi connectivity index (χ1v) is 5.93. The van der Waals surface area contributed by atoms with Crippen LogP contribution in [0.2, 0.25) is 0 Å². The summed E-state index contributed by atoms with van der Waals surface area (Å²) in [6.07, 6.45) is 3.61. The number of rotatable bonds is 4. The molecule has 98 valence electrons. The number of hydrogen-bond donors (Lipinski definition) is 1. The Bertz CT molecular complexity index is 396. The van der Waals surface area contributed by atoms with E-state index in [4.69, 9.17) is 4.74 Å². The van der Waals surface area contributed by atoms with Crippen molar-refractivity contribution in [3.05, 3.63) is 42.7 Å². The Kier molecular flexibility index (Phi) is 4.89. The summed E-state index contributed by atoms with van der Waals surface area (Å²) in [5.74, 6) is 0. The SMILES string of the molecule is C=CCC(NC(=O)OC(C)(C)C)c1ccccn1. The van der Waals surface area contributed by atoms with E-state index in [1.165, 1.54) is 0 Å². The van der Waals surface area contributed by atoms with Gasteiger partial charge in [-0.3, -0.25) is 4.98 Å². The molecule has 1 amide bonds. The van der Waals surface area contributed by atoms with Crippen LogP contribution in [0.4, 0.5) is 4.79 Å². The lowest BCUT2D eigenvalue weighted by atomic mass is 10.1. The number of nitrogens with zero attached hydrogens (tertiary/aromatic N) is 1. The number of carbonyl (C=O) groups is 1. The van der Waals surface area contributed by atoms with Crippen molar-refractivity contribution in [2.75, 3.05) is 0 Å². The monoisotopic (exact) mass is 248 g/mol. The van der Waals surface area contributed by atoms with Gasteiger partial charge in [0.2, 0.25) is 0 Å². The Morgan fingerprint density at radius 2 is 2.28 bits per heavy atom. The van der Waals surface area contributed by atoms with Crippen LogP contribution in [0, 0.1) is 0 Å². The van der Waals surface area contributed by atoms with Gasteiger partial charge in [0, 0.05) is 6.20 Å². The number of ether oxygens (including phenoxy) is 1. The molecule has 1 unspecified atom stereocenters. The van der Waals surface area contributed by atoms with Gasteiger partial charge in [-0.15, -0.1) is 6.58 Å². The van der Waals surface area contributed by atoms with Gasteiger partial charge in [0.05, 0.1) is 11.7 Å². The van der Waals surface area contributed by atoms with E-state index in [1.54, 1.807) is 12.3 Å². The third-order valence-corrected chi connectivity index (χ3v) is 2.14. The molecule has 4 heteroatoms. The molecule has 0 aromatic carbocycles. The lowest BCUT2D eigenvalue weighted by Gasteiger charge is -2.22. The summed E-state index contributed by atoms with van der Waals surface area (Å²) < 4.78 is 5.22. The number of aromatic nitrogens is 1. The average molecular weight is 248 g/mol. The van der Waals surface area contributed by atoms with Crippen LogP contribution in [0.5, 0.6) is 0 Å². The van der Waals surface area contributed by atoms with Crippen LogP contribution in [-0.4, -0.2) is 16.7 Å². The highest BCUT2D eigenvalue weighted by atomic mass is 16.6. The smallest absolute Gasteiger partial charge is 0.408 e. The van der Waals surface area contributed by atoms with Crippen molar-refractivity contribution in [1.82, 2.24) is 10.3 Å². The lowest BCUT2D eigenvalue weighted by Crippen LogP contribution is -2.35. The fourth-order valence-corrected chi connectivity index (χ4v) is 1.45. The fourth-order valence-electron chi connectivity index (χ4n) is 1.45. The molecule has 1 heterocycles. The molecule has 0 saturated heterocycles. The third kappa shape index (κ3) is 4.99. The second kappa shape index (κ2) is 6.19. The fraction of sp³-hybridized carbons (Fsp3) is 0.429. The van der Waals surface area contributed by atoms with E-state index < -0.39 is 11.7 Å². The normalized spacial score (nSPS) is 12.6. The molecule has 0 bridgehead atoms. The summed E-state index contributed by atoms with van der Waals surface area (Å²) >= 11 is 0. The summed E-state index contributed by atoms with van der Waals surface area (Å²) in [6.45, 7) is 9.18. The van der Waals surface area contributed by atoms with E-state index in [0.717, 1.165) is 5.69 Å². The maximum absolute atomic E-state index is 11.7. The maximum atomic E-state index is 11.7. The third-order valence-electron chi connectivity index (χ3n) is 2.14. The van der Waals surface area contributed by atoms with Crippen LogP contribution in [0.25, 0.3) is 0 Å². The molecule has 0 spiro atoms. The van der Waals surface area contributed by atoms with E-state index in [9.17, 15) is 4.79 Å². The number of nitrogens with one attached hydrogen (secondary N) is 1. The number of pyridine rings is 1. The number of carbonyl (C=O) groups excluding carboxylic acids is 1. The Morgan fingerprint density at radius 3 is 2.78 bits per heavy atom. The molecule has 1 atom stereocenters. The van der Waals surface area contributed by atoms with Gasteiger partial charge in [0.25, 0.3) is 0 Å². The molecule has 1 aromatic heterocycles. The largest absolute Gasteiger partial charge is 0.444 e. The van der Waals surface area contributed by atoms with E-state index >= 15 is 0 Å². The predicted molar refractivity (Wildman–Crippen MR) is 71.2 cm³/mol. The highest BCUT2D eigenvalue weighted by molar-refractivity contribution is 5.68. The first kappa shape index (κ1) is 14.2. The van der Waals surface area contributed by atoms with Crippen LogP contribution < -0.4 is 5.32 Å². The van der Waals surface area contributed by atoms with Gasteiger partial charge < -0.3 is 10.1 Å².